The third-order valence-electron chi connectivity index (χ3n) is 5.32. The van der Waals surface area contributed by atoms with E-state index in [2.05, 4.69) is 16.3 Å². The van der Waals surface area contributed by atoms with Crippen LogP contribution in [-0.4, -0.2) is 39.1 Å². The van der Waals surface area contributed by atoms with E-state index in [0.717, 1.165) is 31.6 Å². The van der Waals surface area contributed by atoms with Crippen LogP contribution >= 0.6 is 0 Å². The van der Waals surface area contributed by atoms with Gasteiger partial charge in [0.2, 0.25) is 0 Å². The fraction of sp³-hybridized carbons (Fsp3) is 0.364. The number of rotatable bonds is 6. The van der Waals surface area contributed by atoms with Gasteiger partial charge in [-0.1, -0.05) is 6.92 Å². The third-order valence-corrected chi connectivity index (χ3v) is 7.07. The van der Waals surface area contributed by atoms with E-state index < -0.39 is 9.84 Å². The van der Waals surface area contributed by atoms with Crippen LogP contribution in [0.25, 0.3) is 0 Å². The Kier molecular flexibility index (Phi) is 6.23. The first-order chi connectivity index (χ1) is 13.8. The molecule has 0 spiro atoms. The highest BCUT2D eigenvalue weighted by Gasteiger charge is 2.21. The minimum Gasteiger partial charge on any atom is -0.382 e. The summed E-state index contributed by atoms with van der Waals surface area (Å²) in [5.74, 6) is 0.0649. The van der Waals surface area contributed by atoms with Crippen molar-refractivity contribution in [1.29, 1.82) is 5.26 Å². The predicted octanol–water partition coefficient (Wildman–Crippen LogP) is 3.64. The zero-order valence-corrected chi connectivity index (χ0v) is 17.5. The first kappa shape index (κ1) is 20.9. The number of piperidine rings is 1. The monoisotopic (exact) mass is 411 g/mol. The first-order valence-electron chi connectivity index (χ1n) is 9.73. The quantitative estimate of drug-likeness (QED) is 0.730. The Morgan fingerprint density at radius 1 is 1.17 bits per heavy atom. The van der Waals surface area contributed by atoms with Crippen LogP contribution in [-0.2, 0) is 9.84 Å². The number of Topliss-reactive ketones (excluding diaryl/α,β-unsaturated/α-hetero) is 1. The standard InChI is InChI=1S/C22H25N3O3S/c1-3-29(27,28)20-7-5-19(6-8-20)25-12-10-18(11-13-25)24-22-14-17(15-23)4-9-21(22)16(2)26/h4-9,14,18,24H,3,10-13H2,1-2H3. The molecular formula is C22H25N3O3S. The molecule has 1 saturated heterocycles. The van der Waals surface area contributed by atoms with Crippen molar-refractivity contribution in [2.24, 2.45) is 0 Å². The van der Waals surface area contributed by atoms with Gasteiger partial charge >= 0.3 is 0 Å². The van der Waals surface area contributed by atoms with Gasteiger partial charge in [-0.2, -0.15) is 5.26 Å². The van der Waals surface area contributed by atoms with Crippen molar-refractivity contribution in [3.8, 4) is 6.07 Å². The number of anilines is 2. The van der Waals surface area contributed by atoms with Crippen LogP contribution < -0.4 is 10.2 Å². The lowest BCUT2D eigenvalue weighted by atomic mass is 10.0. The van der Waals surface area contributed by atoms with Crippen LogP contribution in [0, 0.1) is 11.3 Å². The lowest BCUT2D eigenvalue weighted by Crippen LogP contribution is -2.39. The second-order valence-electron chi connectivity index (χ2n) is 7.23. The molecule has 2 aromatic carbocycles. The smallest absolute Gasteiger partial charge is 0.178 e. The van der Waals surface area contributed by atoms with Gasteiger partial charge in [0, 0.05) is 36.1 Å². The van der Waals surface area contributed by atoms with Gasteiger partial charge in [0.05, 0.1) is 22.3 Å². The average molecular weight is 412 g/mol. The second kappa shape index (κ2) is 8.66. The van der Waals surface area contributed by atoms with Crippen molar-refractivity contribution in [3.63, 3.8) is 0 Å². The zero-order valence-electron chi connectivity index (χ0n) is 16.7. The summed E-state index contributed by atoms with van der Waals surface area (Å²) in [6.45, 7) is 4.82. The van der Waals surface area contributed by atoms with E-state index in [1.165, 1.54) is 6.92 Å². The molecule has 0 bridgehead atoms. The highest BCUT2D eigenvalue weighted by molar-refractivity contribution is 7.91. The number of ketones is 1. The maximum absolute atomic E-state index is 12.0. The summed E-state index contributed by atoms with van der Waals surface area (Å²) in [6, 6.07) is 14.5. The summed E-state index contributed by atoms with van der Waals surface area (Å²) >= 11 is 0. The SMILES string of the molecule is CCS(=O)(=O)c1ccc(N2CCC(Nc3cc(C#N)ccc3C(C)=O)CC2)cc1. The Morgan fingerprint density at radius 2 is 1.83 bits per heavy atom. The maximum atomic E-state index is 12.0. The Labute approximate surface area is 172 Å². The van der Waals surface area contributed by atoms with E-state index in [0.29, 0.717) is 21.7 Å². The van der Waals surface area contributed by atoms with Gasteiger partial charge in [0.1, 0.15) is 0 Å². The highest BCUT2D eigenvalue weighted by Crippen LogP contribution is 2.26. The Bertz CT molecular complexity index is 1030. The first-order valence-corrected chi connectivity index (χ1v) is 11.4. The predicted molar refractivity (Wildman–Crippen MR) is 114 cm³/mol. The molecule has 0 atom stereocenters. The summed E-state index contributed by atoms with van der Waals surface area (Å²) in [5.41, 5.74) is 2.84. The molecule has 6 nitrogen and oxygen atoms in total. The number of carbonyl (C=O) groups is 1. The number of nitrogens with one attached hydrogen (secondary N) is 1. The summed E-state index contributed by atoms with van der Waals surface area (Å²) in [6.07, 6.45) is 1.76. The normalized spacial score (nSPS) is 15.0. The van der Waals surface area contributed by atoms with Crippen molar-refractivity contribution in [1.82, 2.24) is 0 Å². The van der Waals surface area contributed by atoms with E-state index >= 15 is 0 Å². The fourth-order valence-electron chi connectivity index (χ4n) is 3.57. The molecule has 1 heterocycles. The topological polar surface area (TPSA) is 90.3 Å². The van der Waals surface area contributed by atoms with Crippen LogP contribution in [0.1, 0.15) is 42.6 Å². The largest absolute Gasteiger partial charge is 0.382 e. The van der Waals surface area contributed by atoms with Crippen LogP contribution in [0.3, 0.4) is 0 Å². The molecule has 29 heavy (non-hydrogen) atoms. The molecule has 0 unspecified atom stereocenters. The van der Waals surface area contributed by atoms with Gasteiger partial charge in [0.15, 0.2) is 15.6 Å². The van der Waals surface area contributed by atoms with E-state index in [9.17, 15) is 13.2 Å². The number of nitrogens with zero attached hydrogens (tertiary/aromatic N) is 2. The molecule has 0 amide bonds. The van der Waals surface area contributed by atoms with Gasteiger partial charge in [-0.25, -0.2) is 8.42 Å². The van der Waals surface area contributed by atoms with Gasteiger partial charge in [-0.15, -0.1) is 0 Å². The van der Waals surface area contributed by atoms with Crippen molar-refractivity contribution in [2.75, 3.05) is 29.1 Å². The Hall–Kier alpha value is -2.85. The number of benzene rings is 2. The Balaban J connectivity index is 1.66. The van der Waals surface area contributed by atoms with Crippen LogP contribution in [0.15, 0.2) is 47.4 Å². The summed E-state index contributed by atoms with van der Waals surface area (Å²) in [7, 11) is -3.18. The Morgan fingerprint density at radius 3 is 2.38 bits per heavy atom. The molecule has 0 aliphatic carbocycles. The summed E-state index contributed by atoms with van der Waals surface area (Å²) < 4.78 is 23.9. The van der Waals surface area contributed by atoms with Crippen LogP contribution in [0.4, 0.5) is 11.4 Å². The molecule has 1 aliphatic heterocycles. The molecule has 0 aromatic heterocycles. The van der Waals surface area contributed by atoms with Crippen molar-refractivity contribution >= 4 is 27.0 Å². The van der Waals surface area contributed by atoms with Crippen molar-refractivity contribution < 1.29 is 13.2 Å². The van der Waals surface area contributed by atoms with Gasteiger partial charge < -0.3 is 10.2 Å². The summed E-state index contributed by atoms with van der Waals surface area (Å²) in [4.78, 5) is 14.5. The van der Waals surface area contributed by atoms with Crippen molar-refractivity contribution in [2.45, 2.75) is 37.6 Å². The van der Waals surface area contributed by atoms with E-state index in [-0.39, 0.29) is 17.6 Å². The number of nitriles is 1. The van der Waals surface area contributed by atoms with Crippen LogP contribution in [0.2, 0.25) is 0 Å². The van der Waals surface area contributed by atoms with Gasteiger partial charge in [-0.05, 0) is 62.2 Å². The van der Waals surface area contributed by atoms with E-state index in [4.69, 9.17) is 5.26 Å². The molecule has 3 rings (SSSR count). The lowest BCUT2D eigenvalue weighted by molar-refractivity contribution is 0.101. The number of carbonyl (C=O) groups excluding carboxylic acids is 1. The fourth-order valence-corrected chi connectivity index (χ4v) is 4.46. The molecule has 1 N–H and O–H groups in total. The van der Waals surface area contributed by atoms with E-state index in [1.807, 2.05) is 12.1 Å². The third kappa shape index (κ3) is 4.77. The second-order valence-corrected chi connectivity index (χ2v) is 9.51. The van der Waals surface area contributed by atoms with Crippen LogP contribution in [0.5, 0.6) is 0 Å². The molecular weight excluding hydrogens is 386 g/mol. The number of hydrogen-bond donors (Lipinski definition) is 1. The molecule has 7 heteroatoms. The minimum absolute atomic E-state index is 0.0310. The summed E-state index contributed by atoms with van der Waals surface area (Å²) in [5, 5.41) is 12.6. The molecule has 0 saturated carbocycles. The van der Waals surface area contributed by atoms with E-state index in [1.54, 1.807) is 37.3 Å². The molecule has 1 fully saturated rings. The molecule has 0 radical (unpaired) electrons. The maximum Gasteiger partial charge on any atom is 0.178 e. The molecule has 152 valence electrons. The molecule has 1 aliphatic rings. The lowest BCUT2D eigenvalue weighted by Gasteiger charge is -2.34. The number of sulfone groups is 1. The van der Waals surface area contributed by atoms with Gasteiger partial charge in [0.25, 0.3) is 0 Å². The average Bonchev–Trinajstić information content (AvgIpc) is 2.74. The minimum atomic E-state index is -3.18. The highest BCUT2D eigenvalue weighted by atomic mass is 32.2. The number of hydrogen-bond acceptors (Lipinski definition) is 6. The van der Waals surface area contributed by atoms with Gasteiger partial charge in [-0.3, -0.25) is 4.79 Å². The van der Waals surface area contributed by atoms with Crippen molar-refractivity contribution in [3.05, 3.63) is 53.6 Å². The zero-order chi connectivity index (χ0) is 21.0. The molecule has 2 aromatic rings.